The molecule has 4 aromatic rings. The van der Waals surface area contributed by atoms with Gasteiger partial charge < -0.3 is 29.9 Å². The average molecular weight is 750 g/mol. The number of rotatable bonds is 15. The molecule has 2 heterocycles. The number of nitrogens with one attached hydrogen (secondary N) is 2. The molecule has 14 heteroatoms. The number of likely N-dealkylation sites (N-methyl/N-ethyl adjacent to an activating group) is 1. The molecule has 272 valence electrons. The predicted molar refractivity (Wildman–Crippen MR) is 195 cm³/mol. The SMILES string of the molecule is CC(C)[C@H](NC(=O)CCc1c[nH]c2ccccc12)C1=NOC(C(=O)N(C)[C@@H](CC(=O)O)C(=O)COC(=O)c2c(Cl)cccc2Cl)(c2ccccc2)C1. The summed E-state index contributed by atoms with van der Waals surface area (Å²) in [6, 6.07) is 18.6. The van der Waals surface area contributed by atoms with Gasteiger partial charge in [0.2, 0.25) is 11.5 Å². The van der Waals surface area contributed by atoms with E-state index in [-0.39, 0.29) is 40.3 Å². The summed E-state index contributed by atoms with van der Waals surface area (Å²) in [5.41, 5.74) is 0.838. The predicted octanol–water partition coefficient (Wildman–Crippen LogP) is 5.95. The van der Waals surface area contributed by atoms with Gasteiger partial charge in [0, 0.05) is 42.6 Å². The molecule has 0 spiro atoms. The Morgan fingerprint density at radius 3 is 2.35 bits per heavy atom. The number of hydrogen-bond donors (Lipinski definition) is 3. The molecule has 0 bridgehead atoms. The number of oxime groups is 1. The summed E-state index contributed by atoms with van der Waals surface area (Å²) in [7, 11) is 1.28. The number of benzene rings is 3. The third kappa shape index (κ3) is 8.29. The van der Waals surface area contributed by atoms with Crippen molar-refractivity contribution in [2.45, 2.75) is 57.2 Å². The summed E-state index contributed by atoms with van der Waals surface area (Å²) < 4.78 is 5.17. The van der Waals surface area contributed by atoms with Crippen LogP contribution in [0.25, 0.3) is 10.9 Å². The number of hydrogen-bond acceptors (Lipinski definition) is 8. The molecule has 1 aliphatic heterocycles. The lowest BCUT2D eigenvalue weighted by Gasteiger charge is -2.34. The van der Waals surface area contributed by atoms with Gasteiger partial charge in [-0.15, -0.1) is 0 Å². The molecule has 3 aromatic carbocycles. The second-order valence-electron chi connectivity index (χ2n) is 12.9. The average Bonchev–Trinajstić information content (AvgIpc) is 3.76. The molecule has 3 atom stereocenters. The topological polar surface area (TPSA) is 167 Å². The molecule has 52 heavy (non-hydrogen) atoms. The summed E-state index contributed by atoms with van der Waals surface area (Å²) in [4.78, 5) is 76.1. The van der Waals surface area contributed by atoms with Gasteiger partial charge in [-0.25, -0.2) is 4.79 Å². The summed E-state index contributed by atoms with van der Waals surface area (Å²) in [6.45, 7) is 2.95. The number of amides is 2. The molecule has 0 aliphatic carbocycles. The van der Waals surface area contributed by atoms with Crippen molar-refractivity contribution in [2.75, 3.05) is 13.7 Å². The van der Waals surface area contributed by atoms with Crippen LogP contribution in [0.1, 0.15) is 54.6 Å². The maximum Gasteiger partial charge on any atom is 0.341 e. The number of ether oxygens (including phenoxy) is 1. The fourth-order valence-corrected chi connectivity index (χ4v) is 6.80. The van der Waals surface area contributed by atoms with Gasteiger partial charge in [-0.05, 0) is 36.1 Å². The van der Waals surface area contributed by atoms with Gasteiger partial charge in [-0.1, -0.05) is 96.8 Å². The highest BCUT2D eigenvalue weighted by atomic mass is 35.5. The molecule has 1 aliphatic rings. The maximum absolute atomic E-state index is 14.5. The smallest absolute Gasteiger partial charge is 0.341 e. The monoisotopic (exact) mass is 748 g/mol. The molecule has 3 N–H and O–H groups in total. The van der Waals surface area contributed by atoms with Gasteiger partial charge >= 0.3 is 11.9 Å². The van der Waals surface area contributed by atoms with E-state index in [1.54, 1.807) is 30.3 Å². The van der Waals surface area contributed by atoms with Crippen LogP contribution >= 0.6 is 23.2 Å². The Morgan fingerprint density at radius 2 is 1.67 bits per heavy atom. The molecule has 1 unspecified atom stereocenters. The standard InChI is InChI=1S/C38H38Cl2N4O8/c1-22(2)35(42-32(46)17-16-23-20-41-28-15-8-7-12-25(23)28)29-19-38(52-43-29,24-10-5-4-6-11-24)37(50)44(3)30(18-33(47)48)31(45)21-51-36(49)34-26(39)13-9-14-27(34)40/h4-15,20,22,30,35,41H,16-19,21H2,1-3H3,(H,42,46)(H,47,48)/t30-,35-,38?/m0/s1. The van der Waals surface area contributed by atoms with Crippen LogP contribution in [0.3, 0.4) is 0 Å². The van der Waals surface area contributed by atoms with Crippen molar-refractivity contribution in [3.8, 4) is 0 Å². The number of carbonyl (C=O) groups is 5. The Bertz CT molecular complexity index is 1990. The summed E-state index contributed by atoms with van der Waals surface area (Å²) in [6.07, 6.45) is 1.71. The Hall–Kier alpha value is -5.20. The zero-order valence-electron chi connectivity index (χ0n) is 28.7. The minimum atomic E-state index is -1.80. The van der Waals surface area contributed by atoms with E-state index in [0.29, 0.717) is 17.7 Å². The number of carboxylic acid groups (broad SMARTS) is 1. The highest BCUT2D eigenvalue weighted by Crippen LogP contribution is 2.39. The summed E-state index contributed by atoms with van der Waals surface area (Å²) in [5.74, 6) is -4.35. The second kappa shape index (κ2) is 16.4. The summed E-state index contributed by atoms with van der Waals surface area (Å²) in [5, 5.41) is 18.2. The number of fused-ring (bicyclic) bond motifs is 1. The summed E-state index contributed by atoms with van der Waals surface area (Å²) >= 11 is 12.2. The number of aliphatic carboxylic acids is 1. The van der Waals surface area contributed by atoms with Gasteiger partial charge in [0.1, 0.15) is 6.04 Å². The number of Topliss-reactive ketones (excluding diaryl/α,β-unsaturated/α-hetero) is 1. The van der Waals surface area contributed by atoms with Crippen LogP contribution in [0.15, 0.2) is 84.1 Å². The zero-order valence-corrected chi connectivity index (χ0v) is 30.2. The van der Waals surface area contributed by atoms with Gasteiger partial charge in [0.15, 0.2) is 12.4 Å². The lowest BCUT2D eigenvalue weighted by molar-refractivity contribution is -0.161. The normalized spacial score (nSPS) is 16.5. The van der Waals surface area contributed by atoms with E-state index in [9.17, 15) is 29.1 Å². The fourth-order valence-electron chi connectivity index (χ4n) is 6.25. The van der Waals surface area contributed by atoms with Crippen molar-refractivity contribution in [3.05, 3.63) is 106 Å². The van der Waals surface area contributed by atoms with Gasteiger partial charge in [-0.3, -0.25) is 19.2 Å². The van der Waals surface area contributed by atoms with E-state index in [4.69, 9.17) is 32.8 Å². The van der Waals surface area contributed by atoms with E-state index in [1.165, 1.54) is 25.2 Å². The van der Waals surface area contributed by atoms with E-state index in [2.05, 4.69) is 15.5 Å². The van der Waals surface area contributed by atoms with Crippen molar-refractivity contribution in [2.24, 2.45) is 11.1 Å². The molecule has 1 aromatic heterocycles. The number of para-hydroxylation sites is 1. The number of esters is 1. The Kier molecular flexibility index (Phi) is 12.0. The number of ketones is 1. The first-order chi connectivity index (χ1) is 24.8. The van der Waals surface area contributed by atoms with Crippen LogP contribution in [0, 0.1) is 5.92 Å². The quantitative estimate of drug-likeness (QED) is 0.126. The van der Waals surface area contributed by atoms with Gasteiger partial charge in [0.25, 0.3) is 5.91 Å². The van der Waals surface area contributed by atoms with Crippen molar-refractivity contribution < 1.29 is 38.7 Å². The minimum absolute atomic E-state index is 0.00323. The third-order valence-corrected chi connectivity index (χ3v) is 9.64. The van der Waals surface area contributed by atoms with Gasteiger partial charge in [-0.2, -0.15) is 0 Å². The number of aromatic amines is 1. The highest BCUT2D eigenvalue weighted by molar-refractivity contribution is 6.39. The van der Waals surface area contributed by atoms with Crippen LogP contribution in [-0.2, 0) is 40.8 Å². The molecular formula is C38H38Cl2N4O8. The number of halogens is 2. The largest absolute Gasteiger partial charge is 0.481 e. The van der Waals surface area contributed by atoms with Crippen LogP contribution in [0.4, 0.5) is 0 Å². The van der Waals surface area contributed by atoms with E-state index < -0.39 is 54.3 Å². The first kappa shape index (κ1) is 38.0. The fraction of sp³-hybridized carbons (Fsp3) is 0.316. The van der Waals surface area contributed by atoms with Crippen LogP contribution in [0.2, 0.25) is 10.0 Å². The van der Waals surface area contributed by atoms with E-state index >= 15 is 0 Å². The Balaban J connectivity index is 1.33. The van der Waals surface area contributed by atoms with Crippen LogP contribution in [-0.4, -0.2) is 76.0 Å². The van der Waals surface area contributed by atoms with Crippen molar-refractivity contribution >= 4 is 69.4 Å². The molecule has 5 rings (SSSR count). The number of H-pyrrole nitrogens is 1. The molecule has 0 fully saturated rings. The maximum atomic E-state index is 14.5. The molecular weight excluding hydrogens is 711 g/mol. The van der Waals surface area contributed by atoms with Crippen LogP contribution in [0.5, 0.6) is 0 Å². The lowest BCUT2D eigenvalue weighted by atomic mass is 9.83. The van der Waals surface area contributed by atoms with Crippen LogP contribution < -0.4 is 5.32 Å². The van der Waals surface area contributed by atoms with E-state index in [1.807, 2.05) is 44.3 Å². The highest BCUT2D eigenvalue weighted by Gasteiger charge is 2.53. The number of carbonyl (C=O) groups excluding carboxylic acids is 4. The zero-order chi connectivity index (χ0) is 37.6. The molecule has 0 saturated heterocycles. The number of carboxylic acids is 1. The number of aryl methyl sites for hydroxylation is 1. The number of aromatic nitrogens is 1. The van der Waals surface area contributed by atoms with Crippen molar-refractivity contribution in [1.82, 2.24) is 15.2 Å². The molecule has 2 amide bonds. The Morgan fingerprint density at radius 1 is 1.00 bits per heavy atom. The third-order valence-electron chi connectivity index (χ3n) is 9.01. The Labute approximate surface area is 310 Å². The molecule has 12 nitrogen and oxygen atoms in total. The molecule has 0 radical (unpaired) electrons. The van der Waals surface area contributed by atoms with Crippen molar-refractivity contribution in [1.29, 1.82) is 0 Å². The minimum Gasteiger partial charge on any atom is -0.481 e. The number of nitrogens with zero attached hydrogens (tertiary/aromatic N) is 2. The second-order valence-corrected chi connectivity index (χ2v) is 13.7. The van der Waals surface area contributed by atoms with Crippen molar-refractivity contribution in [3.63, 3.8) is 0 Å². The van der Waals surface area contributed by atoms with E-state index in [0.717, 1.165) is 21.4 Å². The van der Waals surface area contributed by atoms with Gasteiger partial charge in [0.05, 0.1) is 33.8 Å². The lowest BCUT2D eigenvalue weighted by Crippen LogP contribution is -2.54. The molecule has 0 saturated carbocycles. The first-order valence-electron chi connectivity index (χ1n) is 16.6. The first-order valence-corrected chi connectivity index (χ1v) is 17.4.